The van der Waals surface area contributed by atoms with E-state index >= 15 is 0 Å². The van der Waals surface area contributed by atoms with Crippen molar-refractivity contribution in [3.05, 3.63) is 0 Å². The summed E-state index contributed by atoms with van der Waals surface area (Å²) < 4.78 is 96.3. The fourth-order valence-electron chi connectivity index (χ4n) is 9.37. The third-order valence-electron chi connectivity index (χ3n) is 10.8. The molecule has 2 aliphatic heterocycles. The average Bonchev–Trinajstić information content (AvgIpc) is 3.72. The molecule has 4 unspecified atom stereocenters. The molecule has 2 heterocycles. The van der Waals surface area contributed by atoms with E-state index in [-0.39, 0.29) is 44.3 Å². The molecule has 2 spiro atoms. The van der Waals surface area contributed by atoms with Crippen molar-refractivity contribution in [2.24, 2.45) is 17.3 Å². The van der Waals surface area contributed by atoms with Crippen molar-refractivity contribution in [3.8, 4) is 0 Å². The number of hydrogen-bond donors (Lipinski definition) is 1. The quantitative estimate of drug-likeness (QED) is 0.329. The lowest BCUT2D eigenvalue weighted by Gasteiger charge is -2.60. The van der Waals surface area contributed by atoms with Gasteiger partial charge in [0, 0.05) is 32.1 Å². The van der Waals surface area contributed by atoms with Crippen molar-refractivity contribution < 1.29 is 59.8 Å². The van der Waals surface area contributed by atoms with E-state index in [0.717, 1.165) is 57.8 Å². The van der Waals surface area contributed by atoms with E-state index in [2.05, 4.69) is 0 Å². The van der Waals surface area contributed by atoms with E-state index in [0.29, 0.717) is 12.8 Å². The first-order chi connectivity index (χ1) is 19.8. The number of hydrogen-bond acceptors (Lipinski definition) is 10. The minimum absolute atomic E-state index is 0.0657. The second-order valence-electron chi connectivity index (χ2n) is 13.8. The predicted molar refractivity (Wildman–Crippen MR) is 136 cm³/mol. The Hall–Kier alpha value is -1.45. The smallest absolute Gasteiger partial charge is 0.456 e. The first-order valence-electron chi connectivity index (χ1n) is 15.2. The third-order valence-corrected chi connectivity index (χ3v) is 11.6. The number of alkyl halides is 2. The average molecular weight is 621 g/mol. The lowest BCUT2D eigenvalue weighted by molar-refractivity contribution is -0.232. The molecule has 2 saturated heterocycles. The standard InChI is InChI=1S/C28H38F2O11S/c29-28(30,42(33,34)35)23(32)41-25-12-17-9-18(13-25)11-24(10-17,16-25)22(31)38-21(19-14-36-26(39-19)5-1-2-6-26)20-15-37-27(40-20)7-3-4-8-27/h17-21H,1-16H2,(H,33,34,35). The lowest BCUT2D eigenvalue weighted by atomic mass is 9.48. The molecule has 1 N–H and O–H groups in total. The maximum absolute atomic E-state index is 14.2. The SMILES string of the molecule is O=C(OC(C1COC2(CCCC2)O1)C1COC2(CCCC2)O1)C12CC3CC(CC(OC(=O)C(F)(F)S(=O)(=O)O)(C3)C1)C2. The fourth-order valence-corrected chi connectivity index (χ4v) is 9.62. The summed E-state index contributed by atoms with van der Waals surface area (Å²) in [6, 6.07) is 0. The highest BCUT2D eigenvalue weighted by Crippen LogP contribution is 2.63. The zero-order valence-electron chi connectivity index (χ0n) is 23.4. The summed E-state index contributed by atoms with van der Waals surface area (Å²) in [5, 5.41) is -5.11. The highest BCUT2D eigenvalue weighted by Gasteiger charge is 2.66. The van der Waals surface area contributed by atoms with Crippen LogP contribution in [0.25, 0.3) is 0 Å². The number of halogens is 2. The van der Waals surface area contributed by atoms with Crippen LogP contribution in [0.15, 0.2) is 0 Å². The molecule has 42 heavy (non-hydrogen) atoms. The largest absolute Gasteiger partial charge is 0.465 e. The normalized spacial score (nSPS) is 40.6. The number of carbonyl (C=O) groups excluding carboxylic acids is 2. The summed E-state index contributed by atoms with van der Waals surface area (Å²) >= 11 is 0. The summed E-state index contributed by atoms with van der Waals surface area (Å²) in [5.74, 6) is -4.44. The van der Waals surface area contributed by atoms with Gasteiger partial charge in [0.05, 0.1) is 18.6 Å². The first-order valence-corrected chi connectivity index (χ1v) is 16.6. The Balaban J connectivity index is 1.13. The highest BCUT2D eigenvalue weighted by molar-refractivity contribution is 7.87. The molecule has 0 radical (unpaired) electrons. The Morgan fingerprint density at radius 3 is 1.83 bits per heavy atom. The molecule has 4 atom stereocenters. The van der Waals surface area contributed by atoms with Crippen LogP contribution >= 0.6 is 0 Å². The number of esters is 2. The molecule has 0 amide bonds. The maximum Gasteiger partial charge on any atom is 0.465 e. The van der Waals surface area contributed by atoms with Gasteiger partial charge in [-0.05, 0) is 69.6 Å². The monoisotopic (exact) mass is 620 g/mol. The Labute approximate surface area is 243 Å². The number of carbonyl (C=O) groups is 2. The van der Waals surface area contributed by atoms with Crippen LogP contribution in [0.5, 0.6) is 0 Å². The van der Waals surface area contributed by atoms with Crippen LogP contribution in [-0.2, 0) is 48.1 Å². The highest BCUT2D eigenvalue weighted by atomic mass is 32.2. The Morgan fingerprint density at radius 2 is 1.36 bits per heavy atom. The van der Waals surface area contributed by atoms with Crippen molar-refractivity contribution in [1.82, 2.24) is 0 Å². The van der Waals surface area contributed by atoms with Gasteiger partial charge in [-0.2, -0.15) is 17.2 Å². The van der Waals surface area contributed by atoms with Gasteiger partial charge in [-0.25, -0.2) is 4.79 Å². The molecule has 8 rings (SSSR count). The van der Waals surface area contributed by atoms with Crippen molar-refractivity contribution in [2.75, 3.05) is 13.2 Å². The van der Waals surface area contributed by atoms with Crippen LogP contribution < -0.4 is 0 Å². The van der Waals surface area contributed by atoms with Gasteiger partial charge in [-0.15, -0.1) is 0 Å². The van der Waals surface area contributed by atoms with Crippen molar-refractivity contribution in [1.29, 1.82) is 0 Å². The maximum atomic E-state index is 14.2. The van der Waals surface area contributed by atoms with Crippen molar-refractivity contribution in [3.63, 3.8) is 0 Å². The number of ether oxygens (including phenoxy) is 6. The molecule has 0 aromatic heterocycles. The van der Waals surface area contributed by atoms with Crippen LogP contribution in [-0.4, -0.2) is 78.9 Å². The van der Waals surface area contributed by atoms with Crippen molar-refractivity contribution in [2.45, 2.75) is 131 Å². The summed E-state index contributed by atoms with van der Waals surface area (Å²) in [4.78, 5) is 26.5. The van der Waals surface area contributed by atoms with E-state index < -0.39 is 68.2 Å². The summed E-state index contributed by atoms with van der Waals surface area (Å²) in [6.07, 6.45) is 7.00. The van der Waals surface area contributed by atoms with Crippen LogP contribution in [0, 0.1) is 17.3 Å². The van der Waals surface area contributed by atoms with Gasteiger partial charge in [0.1, 0.15) is 17.8 Å². The topological polar surface area (TPSA) is 144 Å². The van der Waals surface area contributed by atoms with Crippen LogP contribution in [0.2, 0.25) is 0 Å². The minimum atomic E-state index is -6.02. The summed E-state index contributed by atoms with van der Waals surface area (Å²) in [7, 11) is -6.02. The molecule has 8 aliphatic rings. The molecule has 236 valence electrons. The Bertz CT molecular complexity index is 1180. The van der Waals surface area contributed by atoms with E-state index in [1.165, 1.54) is 0 Å². The van der Waals surface area contributed by atoms with E-state index in [9.17, 15) is 26.8 Å². The fraction of sp³-hybridized carbons (Fsp3) is 0.929. The molecule has 6 aliphatic carbocycles. The summed E-state index contributed by atoms with van der Waals surface area (Å²) in [5.41, 5.74) is -2.56. The molecular weight excluding hydrogens is 582 g/mol. The molecule has 0 aromatic carbocycles. The van der Waals surface area contributed by atoms with Gasteiger partial charge in [0.2, 0.25) is 0 Å². The molecule has 11 nitrogen and oxygen atoms in total. The van der Waals surface area contributed by atoms with Crippen molar-refractivity contribution >= 4 is 22.1 Å². The molecule has 6 saturated carbocycles. The number of rotatable bonds is 7. The summed E-state index contributed by atoms with van der Waals surface area (Å²) in [6.45, 7) is 0.463. The van der Waals surface area contributed by atoms with Gasteiger partial charge in [-0.1, -0.05) is 0 Å². The van der Waals surface area contributed by atoms with E-state index in [1.54, 1.807) is 0 Å². The zero-order chi connectivity index (χ0) is 29.6. The van der Waals surface area contributed by atoms with E-state index in [1.807, 2.05) is 0 Å². The van der Waals surface area contributed by atoms with Gasteiger partial charge < -0.3 is 28.4 Å². The van der Waals surface area contributed by atoms with Gasteiger partial charge in [0.25, 0.3) is 0 Å². The van der Waals surface area contributed by atoms with Gasteiger partial charge in [-0.3, -0.25) is 9.35 Å². The second kappa shape index (κ2) is 9.77. The van der Waals surface area contributed by atoms with Gasteiger partial charge >= 0.3 is 27.3 Å². The van der Waals surface area contributed by atoms with Crippen LogP contribution in [0.1, 0.15) is 89.9 Å². The molecular formula is C28H38F2O11S. The van der Waals surface area contributed by atoms with Crippen LogP contribution in [0.4, 0.5) is 8.78 Å². The minimum Gasteiger partial charge on any atom is -0.456 e. The lowest BCUT2D eigenvalue weighted by Crippen LogP contribution is -2.61. The zero-order valence-corrected chi connectivity index (χ0v) is 24.2. The van der Waals surface area contributed by atoms with Gasteiger partial charge in [0.15, 0.2) is 17.7 Å². The van der Waals surface area contributed by atoms with Crippen LogP contribution in [0.3, 0.4) is 0 Å². The molecule has 14 heteroatoms. The Morgan fingerprint density at radius 1 is 0.857 bits per heavy atom. The Kier molecular flexibility index (Phi) is 6.81. The second-order valence-corrected chi connectivity index (χ2v) is 15.3. The molecule has 4 bridgehead atoms. The molecule has 0 aromatic rings. The molecule has 8 fully saturated rings. The third kappa shape index (κ3) is 4.79. The predicted octanol–water partition coefficient (Wildman–Crippen LogP) is 3.63. The van der Waals surface area contributed by atoms with E-state index in [4.69, 9.17) is 33.0 Å². The first kappa shape index (κ1) is 29.3.